The van der Waals surface area contributed by atoms with Crippen molar-refractivity contribution in [2.75, 3.05) is 5.32 Å². The second-order valence-corrected chi connectivity index (χ2v) is 7.92. The molecule has 3 aromatic rings. The van der Waals surface area contributed by atoms with E-state index in [9.17, 15) is 4.79 Å². The van der Waals surface area contributed by atoms with Crippen LogP contribution < -0.4 is 10.6 Å². The van der Waals surface area contributed by atoms with Gasteiger partial charge in [0.15, 0.2) is 10.9 Å². The number of fused-ring (bicyclic) bond motifs is 1. The van der Waals surface area contributed by atoms with E-state index in [4.69, 9.17) is 23.8 Å². The number of hydrogen-bond donors (Lipinski definition) is 2. The van der Waals surface area contributed by atoms with Crippen LogP contribution in [0.25, 0.3) is 15.5 Å². The number of rotatable bonds is 4. The van der Waals surface area contributed by atoms with E-state index in [0.29, 0.717) is 17.1 Å². The van der Waals surface area contributed by atoms with Crippen LogP contribution in [-0.4, -0.2) is 30.8 Å². The monoisotopic (exact) mass is 408 g/mol. The Hall–Kier alpha value is -2.10. The molecule has 0 aliphatic carbocycles. The van der Waals surface area contributed by atoms with E-state index in [0.717, 1.165) is 21.4 Å². The molecule has 0 saturated carbocycles. The van der Waals surface area contributed by atoms with E-state index in [1.807, 2.05) is 32.9 Å². The number of amides is 1. The van der Waals surface area contributed by atoms with Gasteiger partial charge >= 0.3 is 0 Å². The number of halogens is 1. The maximum absolute atomic E-state index is 11.8. The topological polar surface area (TPSA) is 84.2 Å². The highest BCUT2D eigenvalue weighted by Gasteiger charge is 2.13. The van der Waals surface area contributed by atoms with Gasteiger partial charge in [0.2, 0.25) is 10.9 Å². The third-order valence-electron chi connectivity index (χ3n) is 3.45. The van der Waals surface area contributed by atoms with E-state index in [-0.39, 0.29) is 16.9 Å². The minimum atomic E-state index is -0.131. The highest BCUT2D eigenvalue weighted by atomic mass is 35.5. The van der Waals surface area contributed by atoms with Crippen molar-refractivity contribution in [1.29, 1.82) is 0 Å². The number of aryl methyl sites for hydroxylation is 1. The van der Waals surface area contributed by atoms with Crippen LogP contribution in [0.4, 0.5) is 5.69 Å². The number of nitrogens with zero attached hydrogens (tertiary/aromatic N) is 4. The molecule has 7 nitrogen and oxygen atoms in total. The van der Waals surface area contributed by atoms with Crippen LogP contribution in [0.2, 0.25) is 5.02 Å². The third kappa shape index (κ3) is 4.17. The van der Waals surface area contributed by atoms with Crippen molar-refractivity contribution < 1.29 is 4.79 Å². The van der Waals surface area contributed by atoms with Crippen LogP contribution in [0.5, 0.6) is 0 Å². The van der Waals surface area contributed by atoms with Crippen LogP contribution in [0.3, 0.4) is 0 Å². The molecule has 0 bridgehead atoms. The van der Waals surface area contributed by atoms with Gasteiger partial charge in [-0.25, -0.2) is 0 Å². The van der Waals surface area contributed by atoms with E-state index in [1.165, 1.54) is 11.3 Å². The first-order valence-electron chi connectivity index (χ1n) is 7.93. The standard InChI is InChI=1S/C16H17ClN6OS2/c1-8(2)6-13(24)19-15(25)18-12-7-10(4-5-11(12)17)14-22-23-9(3)20-21-16(23)26-14/h4-5,7-8H,6H2,1-3H3,(H2,18,19,24,25). The Balaban J connectivity index is 1.79. The molecule has 0 aliphatic rings. The zero-order valence-corrected chi connectivity index (χ0v) is 16.8. The molecule has 1 amide bonds. The number of thiocarbonyl (C=S) groups is 1. The molecule has 0 saturated heterocycles. The van der Waals surface area contributed by atoms with Gasteiger partial charge in [-0.05, 0) is 37.2 Å². The Morgan fingerprint density at radius 3 is 2.85 bits per heavy atom. The number of anilines is 1. The average Bonchev–Trinajstić information content (AvgIpc) is 3.11. The molecule has 2 N–H and O–H groups in total. The fourth-order valence-corrected chi connectivity index (χ4v) is 3.56. The van der Waals surface area contributed by atoms with Crippen LogP contribution in [0, 0.1) is 12.8 Å². The molecule has 1 aromatic carbocycles. The quantitative estimate of drug-likeness (QED) is 0.640. The molecule has 0 atom stereocenters. The van der Waals surface area contributed by atoms with Gasteiger partial charge in [0, 0.05) is 12.0 Å². The fraction of sp³-hybridized carbons (Fsp3) is 0.312. The van der Waals surface area contributed by atoms with Crippen molar-refractivity contribution in [2.24, 2.45) is 5.92 Å². The van der Waals surface area contributed by atoms with Gasteiger partial charge in [0.05, 0.1) is 10.7 Å². The second-order valence-electron chi connectivity index (χ2n) is 6.14. The molecule has 26 heavy (non-hydrogen) atoms. The minimum Gasteiger partial charge on any atom is -0.331 e. The number of carbonyl (C=O) groups excluding carboxylic acids is 1. The Morgan fingerprint density at radius 1 is 1.38 bits per heavy atom. The van der Waals surface area contributed by atoms with Crippen molar-refractivity contribution in [3.05, 3.63) is 29.0 Å². The second kappa shape index (κ2) is 7.65. The summed E-state index contributed by atoms with van der Waals surface area (Å²) in [6, 6.07) is 5.46. The Kier molecular flexibility index (Phi) is 5.49. The predicted molar refractivity (Wildman–Crippen MR) is 108 cm³/mol. The zero-order chi connectivity index (χ0) is 18.8. The van der Waals surface area contributed by atoms with E-state index in [2.05, 4.69) is 25.9 Å². The third-order valence-corrected chi connectivity index (χ3v) is 4.94. The van der Waals surface area contributed by atoms with Crippen LogP contribution in [-0.2, 0) is 4.79 Å². The van der Waals surface area contributed by atoms with Crippen molar-refractivity contribution >= 4 is 56.8 Å². The molecule has 3 rings (SSSR count). The number of hydrogen-bond acceptors (Lipinski definition) is 6. The molecule has 0 unspecified atom stereocenters. The van der Waals surface area contributed by atoms with Gasteiger partial charge in [-0.2, -0.15) is 9.61 Å². The van der Waals surface area contributed by atoms with Crippen molar-refractivity contribution in [1.82, 2.24) is 25.1 Å². The summed E-state index contributed by atoms with van der Waals surface area (Å²) in [6.45, 7) is 5.79. The van der Waals surface area contributed by atoms with Crippen molar-refractivity contribution in [3.8, 4) is 10.6 Å². The lowest BCUT2D eigenvalue weighted by molar-refractivity contribution is -0.120. The normalized spacial score (nSPS) is 11.1. The predicted octanol–water partition coefficient (Wildman–Crippen LogP) is 3.67. The number of carbonyl (C=O) groups is 1. The summed E-state index contributed by atoms with van der Waals surface area (Å²) < 4.78 is 1.69. The van der Waals surface area contributed by atoms with E-state index < -0.39 is 0 Å². The summed E-state index contributed by atoms with van der Waals surface area (Å²) in [5.41, 5.74) is 1.46. The van der Waals surface area contributed by atoms with Gasteiger partial charge in [0.25, 0.3) is 0 Å². The summed E-state index contributed by atoms with van der Waals surface area (Å²) in [5, 5.41) is 19.7. The number of benzene rings is 1. The van der Waals surface area contributed by atoms with Gasteiger partial charge in [-0.1, -0.05) is 42.9 Å². The molecule has 0 fully saturated rings. The summed E-state index contributed by atoms with van der Waals surface area (Å²) in [5.74, 6) is 0.851. The van der Waals surface area contributed by atoms with Crippen molar-refractivity contribution in [2.45, 2.75) is 27.2 Å². The number of nitrogens with one attached hydrogen (secondary N) is 2. The van der Waals surface area contributed by atoms with E-state index >= 15 is 0 Å². The summed E-state index contributed by atoms with van der Waals surface area (Å²) in [6.07, 6.45) is 0.405. The Morgan fingerprint density at radius 2 is 2.15 bits per heavy atom. The lowest BCUT2D eigenvalue weighted by Crippen LogP contribution is -2.34. The van der Waals surface area contributed by atoms with Gasteiger partial charge in [0.1, 0.15) is 5.01 Å². The lowest BCUT2D eigenvalue weighted by Gasteiger charge is -2.12. The van der Waals surface area contributed by atoms with Crippen molar-refractivity contribution in [3.63, 3.8) is 0 Å². The Labute approximate surface area is 164 Å². The zero-order valence-electron chi connectivity index (χ0n) is 14.4. The van der Waals surface area contributed by atoms with Gasteiger partial charge < -0.3 is 10.6 Å². The van der Waals surface area contributed by atoms with Gasteiger partial charge in [-0.15, -0.1) is 10.2 Å². The maximum Gasteiger partial charge on any atom is 0.234 e. The first-order valence-corrected chi connectivity index (χ1v) is 9.53. The smallest absolute Gasteiger partial charge is 0.234 e. The maximum atomic E-state index is 11.8. The first-order chi connectivity index (χ1) is 12.3. The molecule has 2 aromatic heterocycles. The molecule has 2 heterocycles. The number of aromatic nitrogens is 4. The molecule has 0 radical (unpaired) electrons. The molecule has 136 valence electrons. The highest BCUT2D eigenvalue weighted by molar-refractivity contribution is 7.80. The molecule has 0 aliphatic heterocycles. The molecule has 10 heteroatoms. The summed E-state index contributed by atoms with van der Waals surface area (Å²) in [4.78, 5) is 12.6. The fourth-order valence-electron chi connectivity index (χ4n) is 2.29. The molecule has 0 spiro atoms. The minimum absolute atomic E-state index is 0.131. The van der Waals surface area contributed by atoms with Crippen LogP contribution in [0.15, 0.2) is 18.2 Å². The first kappa shape index (κ1) is 18.7. The average molecular weight is 409 g/mol. The SMILES string of the molecule is Cc1nnc2sc(-c3ccc(Cl)c(NC(=S)NC(=O)CC(C)C)c3)nn12. The molecular weight excluding hydrogens is 392 g/mol. The summed E-state index contributed by atoms with van der Waals surface area (Å²) in [7, 11) is 0. The van der Waals surface area contributed by atoms with Crippen LogP contribution >= 0.6 is 35.2 Å². The largest absolute Gasteiger partial charge is 0.331 e. The van der Waals surface area contributed by atoms with E-state index in [1.54, 1.807) is 10.6 Å². The Bertz CT molecular complexity index is 980. The summed E-state index contributed by atoms with van der Waals surface area (Å²) >= 11 is 12.9. The highest BCUT2D eigenvalue weighted by Crippen LogP contribution is 2.31. The van der Waals surface area contributed by atoms with Crippen LogP contribution in [0.1, 0.15) is 26.1 Å². The lowest BCUT2D eigenvalue weighted by atomic mass is 10.1. The van der Waals surface area contributed by atoms with Gasteiger partial charge in [-0.3, -0.25) is 4.79 Å². The molecular formula is C16H17ClN6OS2.